The molecule has 0 aliphatic heterocycles. The first-order valence-corrected chi connectivity index (χ1v) is 11.6. The second-order valence-corrected chi connectivity index (χ2v) is 9.00. The summed E-state index contributed by atoms with van der Waals surface area (Å²) < 4.78 is 2.82. The van der Waals surface area contributed by atoms with Gasteiger partial charge in [0.15, 0.2) is 5.65 Å². The van der Waals surface area contributed by atoms with E-state index in [2.05, 4.69) is 17.5 Å². The van der Waals surface area contributed by atoms with E-state index in [1.165, 1.54) is 0 Å². The highest BCUT2D eigenvalue weighted by Gasteiger charge is 2.20. The van der Waals surface area contributed by atoms with Crippen LogP contribution in [0.15, 0.2) is 84.4 Å². The molecule has 0 radical (unpaired) electrons. The Morgan fingerprint density at radius 2 is 1.50 bits per heavy atom. The number of hydrogen-bond acceptors (Lipinski definition) is 6. The number of thiophene rings is 1. The standard InChI is InChI=1S/C27H19N3O3S/c31-18-9-5-16(6-10-18)13-22-27(33)30-14-23(17-7-11-19(32)12-8-17)28-25(26(30)29-22)21-15-34-24-4-2-1-3-20(21)24/h1-12,14-15,31-33H,13H2. The topological polar surface area (TPSA) is 90.9 Å². The van der Waals surface area contributed by atoms with Crippen molar-refractivity contribution in [2.75, 3.05) is 0 Å². The lowest BCUT2D eigenvalue weighted by atomic mass is 10.1. The van der Waals surface area contributed by atoms with Crippen molar-refractivity contribution < 1.29 is 15.3 Å². The number of aromatic hydroxyl groups is 3. The summed E-state index contributed by atoms with van der Waals surface area (Å²) in [7, 11) is 0. The summed E-state index contributed by atoms with van der Waals surface area (Å²) >= 11 is 1.64. The molecule has 3 aromatic heterocycles. The van der Waals surface area contributed by atoms with E-state index in [0.29, 0.717) is 29.1 Å². The van der Waals surface area contributed by atoms with E-state index in [4.69, 9.17) is 9.97 Å². The minimum Gasteiger partial charge on any atom is -0.508 e. The fraction of sp³-hybridized carbons (Fsp3) is 0.0370. The third kappa shape index (κ3) is 3.43. The third-order valence-electron chi connectivity index (χ3n) is 5.86. The molecule has 3 heterocycles. The molecule has 0 atom stereocenters. The van der Waals surface area contributed by atoms with Gasteiger partial charge in [0, 0.05) is 39.2 Å². The minimum absolute atomic E-state index is 0.0475. The van der Waals surface area contributed by atoms with Crippen LogP contribution in [0, 0.1) is 0 Å². The van der Waals surface area contributed by atoms with Crippen LogP contribution in [0.5, 0.6) is 17.4 Å². The van der Waals surface area contributed by atoms with Crippen molar-refractivity contribution in [2.45, 2.75) is 6.42 Å². The summed E-state index contributed by atoms with van der Waals surface area (Å²) in [6, 6.07) is 21.8. The fourth-order valence-electron chi connectivity index (χ4n) is 4.12. The molecule has 6 nitrogen and oxygen atoms in total. The van der Waals surface area contributed by atoms with Crippen LogP contribution in [0.3, 0.4) is 0 Å². The summed E-state index contributed by atoms with van der Waals surface area (Å²) in [5, 5.41) is 33.6. The van der Waals surface area contributed by atoms with Gasteiger partial charge in [-0.1, -0.05) is 30.3 Å². The van der Waals surface area contributed by atoms with Crippen molar-refractivity contribution in [1.82, 2.24) is 14.4 Å². The lowest BCUT2D eigenvalue weighted by molar-refractivity contribution is 0.442. The maximum Gasteiger partial charge on any atom is 0.219 e. The van der Waals surface area contributed by atoms with E-state index in [1.807, 2.05) is 24.3 Å². The van der Waals surface area contributed by atoms with Crippen LogP contribution in [-0.4, -0.2) is 29.7 Å². The van der Waals surface area contributed by atoms with Crippen LogP contribution in [0.2, 0.25) is 0 Å². The van der Waals surface area contributed by atoms with Crippen LogP contribution in [0.25, 0.3) is 38.2 Å². The first kappa shape index (κ1) is 20.3. The van der Waals surface area contributed by atoms with Crippen LogP contribution in [0.1, 0.15) is 11.3 Å². The molecule has 0 spiro atoms. The molecule has 166 valence electrons. The van der Waals surface area contributed by atoms with Gasteiger partial charge in [0.05, 0.1) is 5.69 Å². The van der Waals surface area contributed by atoms with Gasteiger partial charge in [-0.25, -0.2) is 9.97 Å². The number of imidazole rings is 1. The molecule has 6 rings (SSSR count). The van der Waals surface area contributed by atoms with Crippen molar-refractivity contribution in [3.05, 3.63) is 95.6 Å². The Kier molecular flexibility index (Phi) is 4.71. The second-order valence-electron chi connectivity index (χ2n) is 8.09. The van der Waals surface area contributed by atoms with E-state index in [0.717, 1.165) is 26.8 Å². The predicted octanol–water partition coefficient (Wildman–Crippen LogP) is 5.99. The van der Waals surface area contributed by atoms with E-state index in [9.17, 15) is 15.3 Å². The van der Waals surface area contributed by atoms with Crippen molar-refractivity contribution in [2.24, 2.45) is 0 Å². The first-order chi connectivity index (χ1) is 16.6. The van der Waals surface area contributed by atoms with Crippen molar-refractivity contribution in [1.29, 1.82) is 0 Å². The summed E-state index contributed by atoms with van der Waals surface area (Å²) in [5.74, 6) is 0.416. The van der Waals surface area contributed by atoms with Crippen molar-refractivity contribution >= 4 is 27.1 Å². The maximum atomic E-state index is 11.1. The second kappa shape index (κ2) is 7.90. The van der Waals surface area contributed by atoms with Gasteiger partial charge in [0.1, 0.15) is 22.9 Å². The molecule has 0 saturated carbocycles. The normalized spacial score (nSPS) is 11.4. The highest BCUT2D eigenvalue weighted by atomic mass is 32.1. The maximum absolute atomic E-state index is 11.1. The average molecular weight is 466 g/mol. The highest BCUT2D eigenvalue weighted by Crippen LogP contribution is 2.38. The smallest absolute Gasteiger partial charge is 0.219 e. The van der Waals surface area contributed by atoms with Gasteiger partial charge < -0.3 is 15.3 Å². The predicted molar refractivity (Wildman–Crippen MR) is 133 cm³/mol. The van der Waals surface area contributed by atoms with E-state index >= 15 is 0 Å². The molecule has 0 unspecified atom stereocenters. The zero-order chi connectivity index (χ0) is 23.2. The Bertz CT molecular complexity index is 1650. The fourth-order valence-corrected chi connectivity index (χ4v) is 5.07. The number of hydrogen-bond donors (Lipinski definition) is 3. The van der Waals surface area contributed by atoms with Crippen molar-refractivity contribution in [3.8, 4) is 39.9 Å². The molecular formula is C27H19N3O3S. The van der Waals surface area contributed by atoms with E-state index in [1.54, 1.807) is 58.3 Å². The van der Waals surface area contributed by atoms with Crippen LogP contribution < -0.4 is 0 Å². The molecule has 0 aliphatic carbocycles. The van der Waals surface area contributed by atoms with Gasteiger partial charge in [-0.2, -0.15) is 0 Å². The van der Waals surface area contributed by atoms with Gasteiger partial charge in [-0.05, 0) is 48.0 Å². The van der Waals surface area contributed by atoms with E-state index < -0.39 is 0 Å². The lowest BCUT2D eigenvalue weighted by Crippen LogP contribution is -1.96. The minimum atomic E-state index is 0.0475. The Morgan fingerprint density at radius 1 is 0.794 bits per heavy atom. The Morgan fingerprint density at radius 3 is 2.26 bits per heavy atom. The molecular weight excluding hydrogens is 446 g/mol. The van der Waals surface area contributed by atoms with Gasteiger partial charge in [-0.3, -0.25) is 4.40 Å². The number of aromatic nitrogens is 3. The number of phenolic OH excluding ortho intramolecular Hbond substituents is 2. The molecule has 3 N–H and O–H groups in total. The largest absolute Gasteiger partial charge is 0.508 e. The van der Waals surface area contributed by atoms with Crippen LogP contribution in [0.4, 0.5) is 0 Å². The van der Waals surface area contributed by atoms with Gasteiger partial charge in [-0.15, -0.1) is 11.3 Å². The number of benzene rings is 3. The molecule has 0 bridgehead atoms. The van der Waals surface area contributed by atoms with Gasteiger partial charge in [0.2, 0.25) is 5.88 Å². The summed E-state index contributed by atoms with van der Waals surface area (Å²) in [5.41, 5.74) is 5.11. The molecule has 3 aromatic carbocycles. The summed E-state index contributed by atoms with van der Waals surface area (Å²) in [6.45, 7) is 0. The number of fused-ring (bicyclic) bond motifs is 2. The average Bonchev–Trinajstić information content (AvgIpc) is 3.42. The molecule has 7 heteroatoms. The molecule has 0 saturated heterocycles. The zero-order valence-electron chi connectivity index (χ0n) is 17.9. The monoisotopic (exact) mass is 465 g/mol. The van der Waals surface area contributed by atoms with E-state index in [-0.39, 0.29) is 17.4 Å². The Hall–Kier alpha value is -4.36. The molecule has 34 heavy (non-hydrogen) atoms. The van der Waals surface area contributed by atoms with Crippen LogP contribution >= 0.6 is 11.3 Å². The summed E-state index contributed by atoms with van der Waals surface area (Å²) in [6.07, 6.45) is 2.18. The number of nitrogens with zero attached hydrogens (tertiary/aromatic N) is 3. The Labute approximate surface area is 198 Å². The van der Waals surface area contributed by atoms with Crippen LogP contribution in [-0.2, 0) is 6.42 Å². The quantitative estimate of drug-likeness (QED) is 0.298. The molecule has 0 amide bonds. The molecule has 0 fully saturated rings. The Balaban J connectivity index is 1.58. The third-order valence-corrected chi connectivity index (χ3v) is 6.82. The van der Waals surface area contributed by atoms with Crippen molar-refractivity contribution in [3.63, 3.8) is 0 Å². The molecule has 0 aliphatic rings. The van der Waals surface area contributed by atoms with Gasteiger partial charge >= 0.3 is 0 Å². The first-order valence-electron chi connectivity index (χ1n) is 10.7. The molecule has 6 aromatic rings. The highest BCUT2D eigenvalue weighted by molar-refractivity contribution is 7.17. The SMILES string of the molecule is Oc1ccc(Cc2nc3c(-c4csc5ccccc45)nc(-c4ccc(O)cc4)cn3c2O)cc1. The number of rotatable bonds is 4. The number of phenols is 2. The van der Waals surface area contributed by atoms with Gasteiger partial charge in [0.25, 0.3) is 0 Å². The summed E-state index contributed by atoms with van der Waals surface area (Å²) in [4.78, 5) is 9.76. The lowest BCUT2D eigenvalue weighted by Gasteiger charge is -2.08. The zero-order valence-corrected chi connectivity index (χ0v) is 18.7.